The molecule has 2 heterocycles. The number of benzene rings is 1. The maximum absolute atomic E-state index is 12.9. The van der Waals surface area contributed by atoms with Crippen molar-refractivity contribution in [2.24, 2.45) is 7.05 Å². The van der Waals surface area contributed by atoms with E-state index in [1.165, 1.54) is 0 Å². The van der Waals surface area contributed by atoms with E-state index in [0.717, 1.165) is 42.6 Å². The lowest BCUT2D eigenvalue weighted by atomic mass is 9.88. The highest BCUT2D eigenvalue weighted by atomic mass is 16.5. The number of nitrogens with one attached hydrogen (secondary N) is 2. The second kappa shape index (κ2) is 6.90. The largest absolute Gasteiger partial charge is 0.497 e. The first-order valence-corrected chi connectivity index (χ1v) is 9.11. The average molecular weight is 365 g/mol. The van der Waals surface area contributed by atoms with E-state index in [2.05, 4.69) is 20.6 Å². The number of hydrogen-bond acceptors (Lipinski definition) is 4. The van der Waals surface area contributed by atoms with Crippen molar-refractivity contribution in [3.8, 4) is 17.0 Å². The van der Waals surface area contributed by atoms with Crippen LogP contribution in [0.5, 0.6) is 5.75 Å². The molecule has 1 aliphatic rings. The number of rotatable bonds is 5. The zero-order valence-corrected chi connectivity index (χ0v) is 15.5. The number of H-pyrrole nitrogens is 1. The van der Waals surface area contributed by atoms with E-state index in [1.807, 2.05) is 37.5 Å². The van der Waals surface area contributed by atoms with Gasteiger partial charge in [-0.3, -0.25) is 14.6 Å². The molecule has 4 rings (SSSR count). The molecule has 1 amide bonds. The molecule has 0 radical (unpaired) electrons. The molecule has 0 saturated heterocycles. The fourth-order valence-corrected chi connectivity index (χ4v) is 3.80. The zero-order valence-electron chi connectivity index (χ0n) is 15.5. The number of carbonyl (C=O) groups excluding carboxylic acids is 1. The Hall–Kier alpha value is -3.09. The van der Waals surface area contributed by atoms with Gasteiger partial charge in [0.05, 0.1) is 24.5 Å². The topological polar surface area (TPSA) is 84.8 Å². The Balaban J connectivity index is 1.57. The van der Waals surface area contributed by atoms with Crippen molar-refractivity contribution in [3.63, 3.8) is 0 Å². The normalized spacial score (nSPS) is 15.6. The first kappa shape index (κ1) is 17.3. The quantitative estimate of drug-likeness (QED) is 0.728. The number of nitrogens with zero attached hydrogens (tertiary/aromatic N) is 3. The maximum Gasteiger partial charge on any atom is 0.270 e. The molecule has 0 atom stereocenters. The van der Waals surface area contributed by atoms with Crippen molar-refractivity contribution in [3.05, 3.63) is 54.0 Å². The van der Waals surface area contributed by atoms with Crippen LogP contribution in [-0.2, 0) is 12.6 Å². The van der Waals surface area contributed by atoms with E-state index in [1.54, 1.807) is 24.1 Å². The zero-order chi connectivity index (χ0) is 18.9. The van der Waals surface area contributed by atoms with Gasteiger partial charge in [-0.2, -0.15) is 10.2 Å². The molecule has 140 valence electrons. The van der Waals surface area contributed by atoms with E-state index in [-0.39, 0.29) is 11.4 Å². The Kier molecular flexibility index (Phi) is 4.43. The maximum atomic E-state index is 12.9. The molecule has 0 bridgehead atoms. The molecule has 0 spiro atoms. The van der Waals surface area contributed by atoms with Gasteiger partial charge in [-0.25, -0.2) is 0 Å². The van der Waals surface area contributed by atoms with Crippen molar-refractivity contribution >= 4 is 5.91 Å². The molecule has 1 aliphatic carbocycles. The number of carbonyl (C=O) groups is 1. The van der Waals surface area contributed by atoms with Crippen molar-refractivity contribution < 1.29 is 9.53 Å². The minimum absolute atomic E-state index is 0.143. The molecular formula is C20H23N5O2. The first-order chi connectivity index (χ1) is 13.1. The fraction of sp³-hybridized carbons (Fsp3) is 0.350. The summed E-state index contributed by atoms with van der Waals surface area (Å²) in [6, 6.07) is 9.73. The Morgan fingerprint density at radius 1 is 1.26 bits per heavy atom. The number of aromatic amines is 1. The molecule has 3 aromatic rings. The van der Waals surface area contributed by atoms with Gasteiger partial charge in [0.25, 0.3) is 5.91 Å². The van der Waals surface area contributed by atoms with Crippen LogP contribution in [0.3, 0.4) is 0 Å². The van der Waals surface area contributed by atoms with Gasteiger partial charge in [0.1, 0.15) is 11.4 Å². The van der Waals surface area contributed by atoms with E-state index in [9.17, 15) is 4.79 Å². The molecule has 2 N–H and O–H groups in total. The summed E-state index contributed by atoms with van der Waals surface area (Å²) in [5.41, 5.74) is 2.80. The fourth-order valence-electron chi connectivity index (χ4n) is 3.80. The third-order valence-corrected chi connectivity index (χ3v) is 5.28. The Morgan fingerprint density at radius 2 is 2.00 bits per heavy atom. The highest BCUT2D eigenvalue weighted by Crippen LogP contribution is 2.39. The summed E-state index contributed by atoms with van der Waals surface area (Å²) in [5, 5.41) is 14.5. The lowest BCUT2D eigenvalue weighted by Gasteiger charge is -2.31. The summed E-state index contributed by atoms with van der Waals surface area (Å²) in [6.45, 7) is 0. The summed E-state index contributed by atoms with van der Waals surface area (Å²) in [4.78, 5) is 12.9. The second-order valence-corrected chi connectivity index (χ2v) is 7.04. The van der Waals surface area contributed by atoms with Gasteiger partial charge in [-0.05, 0) is 36.6 Å². The number of hydrogen-bond donors (Lipinski definition) is 2. The summed E-state index contributed by atoms with van der Waals surface area (Å²) in [5.74, 6) is 0.670. The number of aromatic nitrogens is 4. The monoisotopic (exact) mass is 365 g/mol. The Bertz CT molecular complexity index is 935. The van der Waals surface area contributed by atoms with Crippen molar-refractivity contribution in [1.29, 1.82) is 0 Å². The molecule has 1 fully saturated rings. The summed E-state index contributed by atoms with van der Waals surface area (Å²) < 4.78 is 6.96. The molecule has 2 aromatic heterocycles. The first-order valence-electron chi connectivity index (χ1n) is 9.11. The van der Waals surface area contributed by atoms with E-state index in [0.29, 0.717) is 11.4 Å². The molecule has 1 aromatic carbocycles. The molecule has 7 heteroatoms. The predicted molar refractivity (Wildman–Crippen MR) is 101 cm³/mol. The van der Waals surface area contributed by atoms with Gasteiger partial charge < -0.3 is 10.1 Å². The van der Waals surface area contributed by atoms with Crippen molar-refractivity contribution in [1.82, 2.24) is 25.3 Å². The van der Waals surface area contributed by atoms with E-state index < -0.39 is 0 Å². The highest BCUT2D eigenvalue weighted by molar-refractivity contribution is 5.94. The summed E-state index contributed by atoms with van der Waals surface area (Å²) in [7, 11) is 3.50. The van der Waals surface area contributed by atoms with E-state index in [4.69, 9.17) is 4.74 Å². The summed E-state index contributed by atoms with van der Waals surface area (Å²) >= 11 is 0. The lowest BCUT2D eigenvalue weighted by Crippen LogP contribution is -2.43. The standard InChI is InChI=1S/C20H23N5O2/c1-25-13-14(12-21-25)17-11-18(24-23-17)19(26)22-20(9-3-4-10-20)15-5-7-16(27-2)8-6-15/h5-8,11-13H,3-4,9-10H2,1-2H3,(H,22,26)(H,23,24). The van der Waals surface area contributed by atoms with Gasteiger partial charge in [0.2, 0.25) is 0 Å². The van der Waals surface area contributed by atoms with Gasteiger partial charge >= 0.3 is 0 Å². The average Bonchev–Trinajstić information content (AvgIpc) is 3.42. The third-order valence-electron chi connectivity index (χ3n) is 5.28. The molecule has 0 aliphatic heterocycles. The molecule has 1 saturated carbocycles. The molecular weight excluding hydrogens is 342 g/mol. The van der Waals surface area contributed by atoms with Crippen molar-refractivity contribution in [2.45, 2.75) is 31.2 Å². The van der Waals surface area contributed by atoms with Gasteiger partial charge in [0.15, 0.2) is 0 Å². The molecule has 7 nitrogen and oxygen atoms in total. The lowest BCUT2D eigenvalue weighted by molar-refractivity contribution is 0.0893. The number of amides is 1. The van der Waals surface area contributed by atoms with Crippen molar-refractivity contribution in [2.75, 3.05) is 7.11 Å². The second-order valence-electron chi connectivity index (χ2n) is 7.04. The summed E-state index contributed by atoms with van der Waals surface area (Å²) in [6.07, 6.45) is 7.64. The predicted octanol–water partition coefficient (Wildman–Crippen LogP) is 3.02. The smallest absolute Gasteiger partial charge is 0.270 e. The van der Waals surface area contributed by atoms with Crippen LogP contribution in [0.1, 0.15) is 41.7 Å². The number of aryl methyl sites for hydroxylation is 1. The van der Waals surface area contributed by atoms with E-state index >= 15 is 0 Å². The van der Waals surface area contributed by atoms with Gasteiger partial charge in [0, 0.05) is 18.8 Å². The van der Waals surface area contributed by atoms with Gasteiger partial charge in [-0.1, -0.05) is 25.0 Å². The minimum Gasteiger partial charge on any atom is -0.497 e. The minimum atomic E-state index is -0.344. The number of methoxy groups -OCH3 is 1. The Morgan fingerprint density at radius 3 is 2.63 bits per heavy atom. The van der Waals surface area contributed by atoms with Crippen LogP contribution in [-0.4, -0.2) is 33.0 Å². The number of ether oxygens (including phenoxy) is 1. The SMILES string of the molecule is COc1ccc(C2(NC(=O)c3cc(-c4cnn(C)c4)n[nH]3)CCCC2)cc1. The molecule has 0 unspecified atom stereocenters. The van der Waals surface area contributed by atoms with Crippen LogP contribution in [0, 0.1) is 0 Å². The van der Waals surface area contributed by atoms with Crippen LogP contribution in [0.15, 0.2) is 42.7 Å². The Labute approximate surface area is 157 Å². The van der Waals surface area contributed by atoms with Crippen LogP contribution in [0.4, 0.5) is 0 Å². The van der Waals surface area contributed by atoms with Gasteiger partial charge in [-0.15, -0.1) is 0 Å². The van der Waals surface area contributed by atoms with Crippen LogP contribution >= 0.6 is 0 Å². The third kappa shape index (κ3) is 3.32. The van der Waals surface area contributed by atoms with Crippen LogP contribution in [0.25, 0.3) is 11.3 Å². The van der Waals surface area contributed by atoms with Crippen LogP contribution in [0.2, 0.25) is 0 Å². The highest BCUT2D eigenvalue weighted by Gasteiger charge is 2.37. The molecule has 27 heavy (non-hydrogen) atoms. The van der Waals surface area contributed by atoms with Crippen LogP contribution < -0.4 is 10.1 Å².